The van der Waals surface area contributed by atoms with Gasteiger partial charge in [-0.05, 0) is 49.4 Å². The standard InChI is InChI=1S/C16H19ClF2N2O2/c17-11-1-2-13(23-15(18)19)12(9-11)14(22)21-7-4-16(5-8-21)3-6-20-10-16/h1-2,9,15,20H,3-8,10H2. The lowest BCUT2D eigenvalue weighted by molar-refractivity contribution is -0.0503. The number of benzene rings is 1. The molecule has 7 heteroatoms. The highest BCUT2D eigenvalue weighted by Crippen LogP contribution is 2.37. The van der Waals surface area contributed by atoms with Crippen LogP contribution in [0.25, 0.3) is 0 Å². The molecule has 0 aliphatic carbocycles. The molecule has 1 N–H and O–H groups in total. The van der Waals surface area contributed by atoms with Gasteiger partial charge >= 0.3 is 6.61 Å². The van der Waals surface area contributed by atoms with Crippen molar-refractivity contribution in [3.63, 3.8) is 0 Å². The van der Waals surface area contributed by atoms with Crippen molar-refractivity contribution in [2.24, 2.45) is 5.41 Å². The Morgan fingerprint density at radius 1 is 1.30 bits per heavy atom. The Labute approximate surface area is 138 Å². The quantitative estimate of drug-likeness (QED) is 0.915. The molecule has 0 atom stereocenters. The van der Waals surface area contributed by atoms with Crippen LogP contribution in [0.15, 0.2) is 18.2 Å². The van der Waals surface area contributed by atoms with E-state index in [0.29, 0.717) is 18.1 Å². The number of nitrogens with one attached hydrogen (secondary N) is 1. The van der Waals surface area contributed by atoms with Crippen LogP contribution in [0, 0.1) is 5.41 Å². The van der Waals surface area contributed by atoms with Gasteiger partial charge in [0.25, 0.3) is 5.91 Å². The zero-order valence-corrected chi connectivity index (χ0v) is 13.4. The van der Waals surface area contributed by atoms with E-state index in [1.54, 1.807) is 4.90 Å². The molecule has 23 heavy (non-hydrogen) atoms. The van der Waals surface area contributed by atoms with Crippen molar-refractivity contribution in [2.75, 3.05) is 26.2 Å². The average molecular weight is 345 g/mol. The van der Waals surface area contributed by atoms with E-state index in [-0.39, 0.29) is 22.6 Å². The van der Waals surface area contributed by atoms with Gasteiger partial charge in [0.05, 0.1) is 5.56 Å². The van der Waals surface area contributed by atoms with Gasteiger partial charge in [-0.1, -0.05) is 11.6 Å². The average Bonchev–Trinajstić information content (AvgIpc) is 2.97. The highest BCUT2D eigenvalue weighted by molar-refractivity contribution is 6.31. The van der Waals surface area contributed by atoms with Crippen molar-refractivity contribution in [2.45, 2.75) is 25.9 Å². The van der Waals surface area contributed by atoms with E-state index in [1.165, 1.54) is 18.2 Å². The van der Waals surface area contributed by atoms with E-state index in [1.807, 2.05) is 0 Å². The van der Waals surface area contributed by atoms with Gasteiger partial charge in [0.15, 0.2) is 0 Å². The molecule has 0 radical (unpaired) electrons. The molecule has 2 fully saturated rings. The number of rotatable bonds is 3. The van der Waals surface area contributed by atoms with E-state index < -0.39 is 6.61 Å². The molecule has 0 aromatic heterocycles. The van der Waals surface area contributed by atoms with Crippen molar-refractivity contribution >= 4 is 17.5 Å². The normalized spacial score (nSPS) is 20.3. The second kappa shape index (κ2) is 6.61. The molecule has 2 saturated heterocycles. The fourth-order valence-electron chi connectivity index (χ4n) is 3.44. The predicted octanol–water partition coefficient (Wildman–Crippen LogP) is 3.16. The van der Waals surface area contributed by atoms with Gasteiger partial charge in [-0.2, -0.15) is 8.78 Å². The Bertz CT molecular complexity index is 581. The van der Waals surface area contributed by atoms with Gasteiger partial charge in [-0.25, -0.2) is 0 Å². The first-order valence-electron chi connectivity index (χ1n) is 7.73. The van der Waals surface area contributed by atoms with Crippen LogP contribution in [0.2, 0.25) is 5.02 Å². The number of ether oxygens (including phenoxy) is 1. The Morgan fingerprint density at radius 2 is 2.04 bits per heavy atom. The molecular weight excluding hydrogens is 326 g/mol. The number of carbonyl (C=O) groups is 1. The second-order valence-corrected chi connectivity index (χ2v) is 6.67. The molecule has 2 aliphatic rings. The molecule has 1 spiro atoms. The van der Waals surface area contributed by atoms with Gasteiger partial charge < -0.3 is 15.0 Å². The van der Waals surface area contributed by atoms with Crippen LogP contribution in [0.3, 0.4) is 0 Å². The lowest BCUT2D eigenvalue weighted by Gasteiger charge is -2.39. The van der Waals surface area contributed by atoms with Crippen molar-refractivity contribution < 1.29 is 18.3 Å². The van der Waals surface area contributed by atoms with Crippen LogP contribution in [-0.2, 0) is 0 Å². The van der Waals surface area contributed by atoms with E-state index in [9.17, 15) is 13.6 Å². The largest absolute Gasteiger partial charge is 0.434 e. The summed E-state index contributed by atoms with van der Waals surface area (Å²) in [5.74, 6) is -0.429. The smallest absolute Gasteiger partial charge is 0.387 e. The maximum absolute atomic E-state index is 12.7. The minimum atomic E-state index is -2.98. The molecule has 1 aromatic rings. The molecule has 2 aliphatic heterocycles. The number of amides is 1. The van der Waals surface area contributed by atoms with Crippen molar-refractivity contribution in [1.29, 1.82) is 0 Å². The van der Waals surface area contributed by atoms with E-state index in [4.69, 9.17) is 11.6 Å². The fraction of sp³-hybridized carbons (Fsp3) is 0.562. The summed E-state index contributed by atoms with van der Waals surface area (Å²) in [6.07, 6.45) is 2.99. The predicted molar refractivity (Wildman–Crippen MR) is 83.1 cm³/mol. The molecule has 0 saturated carbocycles. The molecule has 2 heterocycles. The van der Waals surface area contributed by atoms with E-state index >= 15 is 0 Å². The SMILES string of the molecule is O=C(c1cc(Cl)ccc1OC(F)F)N1CCC2(CCNC2)CC1. The van der Waals surface area contributed by atoms with Crippen LogP contribution in [0.4, 0.5) is 8.78 Å². The molecule has 0 unspecified atom stereocenters. The van der Waals surface area contributed by atoms with Gasteiger partial charge in [-0.3, -0.25) is 4.79 Å². The maximum atomic E-state index is 12.7. The first-order chi connectivity index (χ1) is 11.0. The van der Waals surface area contributed by atoms with Crippen LogP contribution >= 0.6 is 11.6 Å². The molecular formula is C16H19ClF2N2O2. The molecule has 4 nitrogen and oxygen atoms in total. The van der Waals surface area contributed by atoms with Crippen molar-refractivity contribution in [1.82, 2.24) is 10.2 Å². The zero-order chi connectivity index (χ0) is 16.4. The monoisotopic (exact) mass is 344 g/mol. The number of carbonyl (C=O) groups excluding carboxylic acids is 1. The van der Waals surface area contributed by atoms with E-state index in [2.05, 4.69) is 10.1 Å². The number of likely N-dealkylation sites (tertiary alicyclic amines) is 1. The lowest BCUT2D eigenvalue weighted by atomic mass is 9.78. The Kier molecular flexibility index (Phi) is 4.73. The minimum Gasteiger partial charge on any atom is -0.434 e. The van der Waals surface area contributed by atoms with Gasteiger partial charge in [-0.15, -0.1) is 0 Å². The van der Waals surface area contributed by atoms with Gasteiger partial charge in [0.1, 0.15) is 5.75 Å². The Morgan fingerprint density at radius 3 is 2.65 bits per heavy atom. The number of piperidine rings is 1. The Hall–Kier alpha value is -1.40. The third-order valence-corrected chi connectivity index (χ3v) is 5.07. The van der Waals surface area contributed by atoms with Gasteiger partial charge in [0.2, 0.25) is 0 Å². The molecule has 1 aromatic carbocycles. The highest BCUT2D eigenvalue weighted by Gasteiger charge is 2.38. The molecule has 126 valence electrons. The summed E-state index contributed by atoms with van der Waals surface area (Å²) >= 11 is 5.91. The van der Waals surface area contributed by atoms with Gasteiger partial charge in [0, 0.05) is 24.7 Å². The zero-order valence-electron chi connectivity index (χ0n) is 12.7. The third-order valence-electron chi connectivity index (χ3n) is 4.83. The summed E-state index contributed by atoms with van der Waals surface area (Å²) in [5, 5.41) is 3.70. The topological polar surface area (TPSA) is 41.6 Å². The minimum absolute atomic E-state index is 0.0956. The Balaban J connectivity index is 1.74. The summed E-state index contributed by atoms with van der Waals surface area (Å²) in [4.78, 5) is 14.4. The highest BCUT2D eigenvalue weighted by atomic mass is 35.5. The summed E-state index contributed by atoms with van der Waals surface area (Å²) in [5.41, 5.74) is 0.381. The maximum Gasteiger partial charge on any atom is 0.387 e. The lowest BCUT2D eigenvalue weighted by Crippen LogP contribution is -2.44. The summed E-state index contributed by atoms with van der Waals surface area (Å²) in [6.45, 7) is 0.292. The summed E-state index contributed by atoms with van der Waals surface area (Å²) in [6, 6.07) is 4.14. The second-order valence-electron chi connectivity index (χ2n) is 6.24. The van der Waals surface area contributed by atoms with Crippen LogP contribution in [0.5, 0.6) is 5.75 Å². The number of nitrogens with zero attached hydrogens (tertiary/aromatic N) is 1. The first kappa shape index (κ1) is 16.5. The van der Waals surface area contributed by atoms with Crippen molar-refractivity contribution in [3.05, 3.63) is 28.8 Å². The summed E-state index contributed by atoms with van der Waals surface area (Å²) in [7, 11) is 0. The molecule has 3 rings (SSSR count). The number of hydrogen-bond acceptors (Lipinski definition) is 3. The number of hydrogen-bond donors (Lipinski definition) is 1. The number of alkyl halides is 2. The summed E-state index contributed by atoms with van der Waals surface area (Å²) < 4.78 is 29.5. The van der Waals surface area contributed by atoms with Crippen LogP contribution < -0.4 is 10.1 Å². The first-order valence-corrected chi connectivity index (χ1v) is 8.11. The fourth-order valence-corrected chi connectivity index (χ4v) is 3.62. The molecule has 1 amide bonds. The van der Waals surface area contributed by atoms with E-state index in [0.717, 1.165) is 32.4 Å². The van der Waals surface area contributed by atoms with Crippen LogP contribution in [0.1, 0.15) is 29.6 Å². The number of halogens is 3. The molecule has 0 bridgehead atoms. The third kappa shape index (κ3) is 3.58. The van der Waals surface area contributed by atoms with Crippen molar-refractivity contribution in [3.8, 4) is 5.75 Å². The van der Waals surface area contributed by atoms with Crippen LogP contribution in [-0.4, -0.2) is 43.6 Å².